The van der Waals surface area contributed by atoms with Gasteiger partial charge in [0.2, 0.25) is 0 Å². The molecule has 4 rings (SSSR count). The Morgan fingerprint density at radius 3 is 2.52 bits per heavy atom. The highest BCUT2D eigenvalue weighted by atomic mass is 16.5. The normalized spacial score (nSPS) is 24.0. The Morgan fingerprint density at radius 2 is 1.83 bits per heavy atom. The Balaban J connectivity index is 1.73. The van der Waals surface area contributed by atoms with E-state index in [0.717, 1.165) is 12.8 Å². The summed E-state index contributed by atoms with van der Waals surface area (Å²) in [5, 5.41) is 0. The molecule has 0 N–H and O–H groups in total. The van der Waals surface area contributed by atoms with E-state index in [2.05, 4.69) is 51.3 Å². The second-order valence-corrected chi connectivity index (χ2v) is 8.66. The molecule has 0 saturated carbocycles. The molecule has 1 aliphatic carbocycles. The van der Waals surface area contributed by atoms with Crippen molar-refractivity contribution in [3.63, 3.8) is 0 Å². The van der Waals surface area contributed by atoms with E-state index in [0.29, 0.717) is 35.3 Å². The van der Waals surface area contributed by atoms with Crippen LogP contribution in [-0.4, -0.2) is 25.7 Å². The topological polar surface area (TPSA) is 47.9 Å². The number of Topliss-reactive ketones (excluding diaryl/α,β-unsaturated/α-hetero) is 1. The molecule has 2 aliphatic rings. The highest BCUT2D eigenvalue weighted by molar-refractivity contribution is 6.04. The van der Waals surface area contributed by atoms with Crippen LogP contribution in [0.3, 0.4) is 0 Å². The molecule has 0 saturated heterocycles. The van der Waals surface area contributed by atoms with Gasteiger partial charge in [0.05, 0.1) is 19.4 Å². The number of carbonyl (C=O) groups is 1. The average molecular weight is 392 g/mol. The molecule has 2 aromatic rings. The predicted octanol–water partition coefficient (Wildman–Crippen LogP) is 5.30. The van der Waals surface area contributed by atoms with Crippen molar-refractivity contribution in [1.82, 2.24) is 0 Å². The molecule has 152 valence electrons. The fraction of sp³-hybridized carbons (Fsp3) is 0.440. The fourth-order valence-electron chi connectivity index (χ4n) is 4.48. The molecular weight excluding hydrogens is 362 g/mol. The molecule has 4 heteroatoms. The molecule has 0 amide bonds. The maximum absolute atomic E-state index is 13.4. The smallest absolute Gasteiger partial charge is 0.168 e. The summed E-state index contributed by atoms with van der Waals surface area (Å²) >= 11 is 0. The van der Waals surface area contributed by atoms with Crippen molar-refractivity contribution in [3.05, 3.63) is 53.1 Å². The number of rotatable bonds is 4. The molecule has 29 heavy (non-hydrogen) atoms. The van der Waals surface area contributed by atoms with Crippen LogP contribution in [0, 0.1) is 23.7 Å². The van der Waals surface area contributed by atoms with Crippen molar-refractivity contribution < 1.29 is 14.3 Å². The summed E-state index contributed by atoms with van der Waals surface area (Å²) in [6.45, 7) is 6.85. The number of carbonyl (C=O) groups excluding carboxylic acids is 1. The molecule has 2 unspecified atom stereocenters. The first kappa shape index (κ1) is 19.7. The zero-order valence-electron chi connectivity index (χ0n) is 17.6. The van der Waals surface area contributed by atoms with Gasteiger partial charge in [-0.3, -0.25) is 9.79 Å². The van der Waals surface area contributed by atoms with E-state index < -0.39 is 0 Å². The lowest BCUT2D eigenvalue weighted by Gasteiger charge is -2.35. The average Bonchev–Trinajstić information content (AvgIpc) is 2.73. The van der Waals surface area contributed by atoms with Crippen LogP contribution in [0.2, 0.25) is 0 Å². The Hall–Kier alpha value is -2.62. The van der Waals surface area contributed by atoms with Crippen LogP contribution in [0.4, 0.5) is 5.69 Å². The van der Waals surface area contributed by atoms with Crippen LogP contribution in [0.25, 0.3) is 0 Å². The largest absolute Gasteiger partial charge is 0.493 e. The Kier molecular flexibility index (Phi) is 5.44. The first-order chi connectivity index (χ1) is 14.0. The molecule has 3 atom stereocenters. The second kappa shape index (κ2) is 8.02. The zero-order chi connectivity index (χ0) is 20.5. The monoisotopic (exact) mass is 391 g/mol. The Morgan fingerprint density at radius 1 is 1.10 bits per heavy atom. The molecular formula is C25H29NO3. The van der Waals surface area contributed by atoms with Gasteiger partial charge in [0.1, 0.15) is 0 Å². The van der Waals surface area contributed by atoms with Crippen molar-refractivity contribution >= 4 is 17.7 Å². The van der Waals surface area contributed by atoms with Gasteiger partial charge in [-0.2, -0.15) is 0 Å². The van der Waals surface area contributed by atoms with Gasteiger partial charge in [0.15, 0.2) is 17.3 Å². The van der Waals surface area contributed by atoms with E-state index in [1.165, 1.54) is 11.1 Å². The molecule has 0 fully saturated rings. The van der Waals surface area contributed by atoms with E-state index >= 15 is 0 Å². The third-order valence-corrected chi connectivity index (χ3v) is 6.16. The standard InChI is InChI=1S/C25H29NO3/c1-15(2)14-29-24-12-22-21(11-23(24)28-4)25(27)16(3)20-10-18-8-6-5-7-17(18)9-19(20)13-26-22/h5-8,11-13,15-16,19-20H,9-10,14H2,1-4H3/b26-13-/t16?,19-,20?/m0/s1. The number of hydrogen-bond donors (Lipinski definition) is 0. The highest BCUT2D eigenvalue weighted by Crippen LogP contribution is 2.42. The number of aliphatic imine (C=N–C) groups is 1. The van der Waals surface area contributed by atoms with Crippen molar-refractivity contribution in [2.24, 2.45) is 28.7 Å². The molecule has 4 nitrogen and oxygen atoms in total. The van der Waals surface area contributed by atoms with Crippen LogP contribution >= 0.6 is 0 Å². The second-order valence-electron chi connectivity index (χ2n) is 8.66. The summed E-state index contributed by atoms with van der Waals surface area (Å²) in [6.07, 6.45) is 3.91. The number of hydrogen-bond acceptors (Lipinski definition) is 4. The summed E-state index contributed by atoms with van der Waals surface area (Å²) in [5.74, 6) is 2.21. The molecule has 0 radical (unpaired) electrons. The van der Waals surface area contributed by atoms with Gasteiger partial charge in [-0.1, -0.05) is 45.0 Å². The maximum Gasteiger partial charge on any atom is 0.168 e. The van der Waals surface area contributed by atoms with E-state index in [1.807, 2.05) is 6.07 Å². The minimum atomic E-state index is -0.0778. The lowest BCUT2D eigenvalue weighted by Crippen LogP contribution is -2.35. The number of ether oxygens (including phenoxy) is 2. The molecule has 0 spiro atoms. The maximum atomic E-state index is 13.4. The Labute approximate surface area is 173 Å². The third-order valence-electron chi connectivity index (χ3n) is 6.16. The van der Waals surface area contributed by atoms with Gasteiger partial charge in [-0.05, 0) is 41.9 Å². The third kappa shape index (κ3) is 3.81. The summed E-state index contributed by atoms with van der Waals surface area (Å²) in [4.78, 5) is 18.2. The summed E-state index contributed by atoms with van der Waals surface area (Å²) < 4.78 is 11.5. The van der Waals surface area contributed by atoms with Crippen molar-refractivity contribution in [2.75, 3.05) is 13.7 Å². The first-order valence-corrected chi connectivity index (χ1v) is 10.5. The van der Waals surface area contributed by atoms with E-state index in [1.54, 1.807) is 13.2 Å². The van der Waals surface area contributed by atoms with Crippen LogP contribution in [0.1, 0.15) is 42.3 Å². The fourth-order valence-corrected chi connectivity index (χ4v) is 4.48. The number of methoxy groups -OCH3 is 1. The summed E-state index contributed by atoms with van der Waals surface area (Å²) in [6, 6.07) is 12.2. The minimum Gasteiger partial charge on any atom is -0.493 e. The number of fused-ring (bicyclic) bond motifs is 3. The molecule has 0 bridgehead atoms. The predicted molar refractivity (Wildman–Crippen MR) is 116 cm³/mol. The van der Waals surface area contributed by atoms with Crippen molar-refractivity contribution in [2.45, 2.75) is 33.6 Å². The number of nitrogens with zero attached hydrogens (tertiary/aromatic N) is 1. The number of ketones is 1. The van der Waals surface area contributed by atoms with Crippen molar-refractivity contribution in [1.29, 1.82) is 0 Å². The van der Waals surface area contributed by atoms with Crippen molar-refractivity contribution in [3.8, 4) is 11.5 Å². The van der Waals surface area contributed by atoms with Gasteiger partial charge in [-0.25, -0.2) is 0 Å². The van der Waals surface area contributed by atoms with Crippen LogP contribution in [-0.2, 0) is 12.8 Å². The molecule has 1 aliphatic heterocycles. The summed E-state index contributed by atoms with van der Waals surface area (Å²) in [7, 11) is 1.61. The van der Waals surface area contributed by atoms with Gasteiger partial charge in [0.25, 0.3) is 0 Å². The van der Waals surface area contributed by atoms with Gasteiger partial charge >= 0.3 is 0 Å². The molecule has 2 aromatic carbocycles. The quantitative estimate of drug-likeness (QED) is 0.711. The lowest BCUT2D eigenvalue weighted by molar-refractivity contribution is 0.0863. The van der Waals surface area contributed by atoms with E-state index in [4.69, 9.17) is 14.5 Å². The van der Waals surface area contributed by atoms with E-state index in [9.17, 15) is 4.79 Å². The molecule has 0 aromatic heterocycles. The number of benzene rings is 2. The van der Waals surface area contributed by atoms with Gasteiger partial charge in [0, 0.05) is 29.7 Å². The minimum absolute atomic E-state index is 0.0778. The highest BCUT2D eigenvalue weighted by Gasteiger charge is 2.37. The lowest BCUT2D eigenvalue weighted by atomic mass is 9.69. The van der Waals surface area contributed by atoms with Crippen LogP contribution in [0.5, 0.6) is 11.5 Å². The first-order valence-electron chi connectivity index (χ1n) is 10.5. The summed E-state index contributed by atoms with van der Waals surface area (Å²) in [5.41, 5.74) is 4.03. The van der Waals surface area contributed by atoms with E-state index in [-0.39, 0.29) is 23.5 Å². The Bertz CT molecular complexity index is 947. The molecule has 1 heterocycles. The van der Waals surface area contributed by atoms with Gasteiger partial charge < -0.3 is 9.47 Å². The van der Waals surface area contributed by atoms with Crippen LogP contribution < -0.4 is 9.47 Å². The van der Waals surface area contributed by atoms with Crippen LogP contribution in [0.15, 0.2) is 41.4 Å². The SMILES string of the molecule is COc1cc2c(cc1OCC(C)C)/N=C\[C@@H]1Cc3ccccc3CC1C(C)C2=O. The zero-order valence-corrected chi connectivity index (χ0v) is 17.6. The van der Waals surface area contributed by atoms with Gasteiger partial charge in [-0.15, -0.1) is 0 Å².